The van der Waals surface area contributed by atoms with E-state index in [1.807, 2.05) is 24.3 Å². The molecule has 0 aliphatic heterocycles. The largest absolute Gasteiger partial charge is 0.478 e. The standard InChI is InChI=1S/C15H16N4O3/c20-14(21)11-7-16-19(9-11)8-10-1-3-12(4-2-10)17-15(22)18-13-5-6-13/h1-4,7,9,13H,5-6,8H2,(H,20,21)(H2,17,18,22). The molecule has 3 rings (SSSR count). The molecule has 1 fully saturated rings. The van der Waals surface area contributed by atoms with E-state index < -0.39 is 5.97 Å². The maximum atomic E-state index is 11.6. The summed E-state index contributed by atoms with van der Waals surface area (Å²) in [5.74, 6) is -0.993. The topological polar surface area (TPSA) is 96.2 Å². The highest BCUT2D eigenvalue weighted by Crippen LogP contribution is 2.19. The number of nitrogens with zero attached hydrogens (tertiary/aromatic N) is 2. The maximum Gasteiger partial charge on any atom is 0.338 e. The summed E-state index contributed by atoms with van der Waals surface area (Å²) in [4.78, 5) is 22.4. The summed E-state index contributed by atoms with van der Waals surface area (Å²) in [6.45, 7) is 0.474. The number of benzene rings is 1. The van der Waals surface area contributed by atoms with E-state index >= 15 is 0 Å². The predicted molar refractivity (Wildman–Crippen MR) is 79.9 cm³/mol. The van der Waals surface area contributed by atoms with Gasteiger partial charge in [-0.1, -0.05) is 12.1 Å². The number of aromatic nitrogens is 2. The van der Waals surface area contributed by atoms with Gasteiger partial charge < -0.3 is 15.7 Å². The average molecular weight is 300 g/mol. The summed E-state index contributed by atoms with van der Waals surface area (Å²) in [7, 11) is 0. The Balaban J connectivity index is 1.58. The normalized spacial score (nSPS) is 13.6. The molecule has 0 spiro atoms. The SMILES string of the molecule is O=C(Nc1ccc(Cn2cc(C(=O)O)cn2)cc1)NC1CC1. The lowest BCUT2D eigenvalue weighted by atomic mass is 10.2. The second kappa shape index (κ2) is 5.88. The van der Waals surface area contributed by atoms with Crippen molar-refractivity contribution in [3.63, 3.8) is 0 Å². The molecule has 2 aromatic rings. The molecule has 1 aliphatic carbocycles. The molecule has 114 valence electrons. The summed E-state index contributed by atoms with van der Waals surface area (Å²) in [6, 6.07) is 7.49. The number of hydrogen-bond acceptors (Lipinski definition) is 3. The third kappa shape index (κ3) is 3.63. The number of rotatable bonds is 5. The van der Waals surface area contributed by atoms with Gasteiger partial charge in [-0.15, -0.1) is 0 Å². The summed E-state index contributed by atoms with van der Waals surface area (Å²) < 4.78 is 1.56. The maximum absolute atomic E-state index is 11.6. The van der Waals surface area contributed by atoms with E-state index in [1.165, 1.54) is 12.4 Å². The molecule has 1 saturated carbocycles. The number of urea groups is 1. The third-order valence-corrected chi connectivity index (χ3v) is 3.35. The molecule has 7 heteroatoms. The number of aromatic carboxylic acids is 1. The molecule has 22 heavy (non-hydrogen) atoms. The van der Waals surface area contributed by atoms with Crippen LogP contribution in [0.15, 0.2) is 36.7 Å². The van der Waals surface area contributed by atoms with Crippen molar-refractivity contribution in [2.45, 2.75) is 25.4 Å². The minimum atomic E-state index is -0.993. The molecule has 2 amide bonds. The number of carboxylic acid groups (broad SMARTS) is 1. The van der Waals surface area contributed by atoms with Crippen LogP contribution in [0.3, 0.4) is 0 Å². The number of carbonyl (C=O) groups excluding carboxylic acids is 1. The Labute approximate surface area is 126 Å². The van der Waals surface area contributed by atoms with E-state index in [1.54, 1.807) is 4.68 Å². The lowest BCUT2D eigenvalue weighted by molar-refractivity contribution is 0.0696. The molecule has 7 nitrogen and oxygen atoms in total. The van der Waals surface area contributed by atoms with Gasteiger partial charge in [0.2, 0.25) is 0 Å². The predicted octanol–water partition coefficient (Wildman–Crippen LogP) is 1.91. The molecule has 3 N–H and O–H groups in total. The van der Waals surface area contributed by atoms with Crippen molar-refractivity contribution in [3.05, 3.63) is 47.8 Å². The van der Waals surface area contributed by atoms with Crippen molar-refractivity contribution in [3.8, 4) is 0 Å². The van der Waals surface area contributed by atoms with Crippen molar-refractivity contribution in [1.82, 2.24) is 15.1 Å². The highest BCUT2D eigenvalue weighted by Gasteiger charge is 2.23. The lowest BCUT2D eigenvalue weighted by Crippen LogP contribution is -2.30. The summed E-state index contributed by atoms with van der Waals surface area (Å²) in [6.07, 6.45) is 4.90. The fourth-order valence-electron chi connectivity index (χ4n) is 2.02. The minimum absolute atomic E-state index is 0.162. The zero-order valence-corrected chi connectivity index (χ0v) is 11.8. The number of anilines is 1. The Hall–Kier alpha value is -2.83. The monoisotopic (exact) mass is 300 g/mol. The van der Waals surface area contributed by atoms with Gasteiger partial charge in [0.05, 0.1) is 18.3 Å². The number of carbonyl (C=O) groups is 2. The first kappa shape index (κ1) is 14.1. The third-order valence-electron chi connectivity index (χ3n) is 3.35. The smallest absolute Gasteiger partial charge is 0.338 e. The van der Waals surface area contributed by atoms with Crippen LogP contribution in [-0.2, 0) is 6.54 Å². The molecule has 1 aromatic carbocycles. The molecular weight excluding hydrogens is 284 g/mol. The first-order chi connectivity index (χ1) is 10.6. The van der Waals surface area contributed by atoms with Crippen LogP contribution in [0.5, 0.6) is 0 Å². The van der Waals surface area contributed by atoms with Crippen molar-refractivity contribution in [2.24, 2.45) is 0 Å². The van der Waals surface area contributed by atoms with Crippen LogP contribution in [0.25, 0.3) is 0 Å². The van der Waals surface area contributed by atoms with Crippen molar-refractivity contribution < 1.29 is 14.7 Å². The number of hydrogen-bond donors (Lipinski definition) is 3. The highest BCUT2D eigenvalue weighted by atomic mass is 16.4. The van der Waals surface area contributed by atoms with E-state index in [2.05, 4.69) is 15.7 Å². The number of carboxylic acids is 1. The van der Waals surface area contributed by atoms with Gasteiger partial charge in [0.1, 0.15) is 0 Å². The minimum Gasteiger partial charge on any atom is -0.478 e. The Bertz CT molecular complexity index is 689. The van der Waals surface area contributed by atoms with Gasteiger partial charge in [-0.2, -0.15) is 5.10 Å². The van der Waals surface area contributed by atoms with Crippen LogP contribution in [0.2, 0.25) is 0 Å². The molecule has 1 heterocycles. The van der Waals surface area contributed by atoms with E-state index in [-0.39, 0.29) is 11.6 Å². The van der Waals surface area contributed by atoms with Crippen LogP contribution < -0.4 is 10.6 Å². The van der Waals surface area contributed by atoms with Gasteiger partial charge in [-0.05, 0) is 30.5 Å². The molecular formula is C15H16N4O3. The van der Waals surface area contributed by atoms with E-state index in [9.17, 15) is 9.59 Å². The summed E-state index contributed by atoms with van der Waals surface area (Å²) in [5, 5.41) is 18.5. The fraction of sp³-hybridized carbons (Fsp3) is 0.267. The molecule has 0 unspecified atom stereocenters. The molecule has 0 saturated heterocycles. The summed E-state index contributed by atoms with van der Waals surface area (Å²) in [5.41, 5.74) is 1.84. The second-order valence-electron chi connectivity index (χ2n) is 5.30. The lowest BCUT2D eigenvalue weighted by Gasteiger charge is -2.07. The Morgan fingerprint density at radius 1 is 1.27 bits per heavy atom. The molecule has 0 bridgehead atoms. The van der Waals surface area contributed by atoms with Crippen molar-refractivity contribution in [2.75, 3.05) is 5.32 Å². The average Bonchev–Trinajstić information content (AvgIpc) is 3.16. The zero-order chi connectivity index (χ0) is 15.5. The van der Waals surface area contributed by atoms with Gasteiger partial charge in [0.25, 0.3) is 0 Å². The van der Waals surface area contributed by atoms with Crippen LogP contribution >= 0.6 is 0 Å². The molecule has 0 radical (unpaired) electrons. The molecule has 1 aliphatic rings. The van der Waals surface area contributed by atoms with E-state index in [0.29, 0.717) is 18.3 Å². The van der Waals surface area contributed by atoms with Crippen molar-refractivity contribution in [1.29, 1.82) is 0 Å². The van der Waals surface area contributed by atoms with Crippen molar-refractivity contribution >= 4 is 17.7 Å². The van der Waals surface area contributed by atoms with Gasteiger partial charge in [-0.3, -0.25) is 4.68 Å². The highest BCUT2D eigenvalue weighted by molar-refractivity contribution is 5.89. The quantitative estimate of drug-likeness (QED) is 0.786. The van der Waals surface area contributed by atoms with Gasteiger partial charge in [-0.25, -0.2) is 9.59 Å². The van der Waals surface area contributed by atoms with Crippen LogP contribution in [0.1, 0.15) is 28.8 Å². The number of nitrogens with one attached hydrogen (secondary N) is 2. The van der Waals surface area contributed by atoms with Gasteiger partial charge in [0.15, 0.2) is 0 Å². The zero-order valence-electron chi connectivity index (χ0n) is 11.8. The van der Waals surface area contributed by atoms with E-state index in [4.69, 9.17) is 5.11 Å². The van der Waals surface area contributed by atoms with Gasteiger partial charge >= 0.3 is 12.0 Å². The van der Waals surface area contributed by atoms with E-state index in [0.717, 1.165) is 18.4 Å². The first-order valence-corrected chi connectivity index (χ1v) is 7.02. The van der Waals surface area contributed by atoms with Crippen LogP contribution in [0, 0.1) is 0 Å². The van der Waals surface area contributed by atoms with Crippen LogP contribution in [0.4, 0.5) is 10.5 Å². The molecule has 0 atom stereocenters. The molecule has 1 aromatic heterocycles. The first-order valence-electron chi connectivity index (χ1n) is 7.02. The fourth-order valence-corrected chi connectivity index (χ4v) is 2.02. The Kier molecular flexibility index (Phi) is 3.78. The Morgan fingerprint density at radius 3 is 2.59 bits per heavy atom. The second-order valence-corrected chi connectivity index (χ2v) is 5.30. The summed E-state index contributed by atoms with van der Waals surface area (Å²) >= 11 is 0. The van der Waals surface area contributed by atoms with Crippen LogP contribution in [-0.4, -0.2) is 32.9 Å². The van der Waals surface area contributed by atoms with Gasteiger partial charge in [0, 0.05) is 17.9 Å². The Morgan fingerprint density at radius 2 is 2.00 bits per heavy atom. The number of amides is 2.